The molecule has 0 aliphatic carbocycles. The fraction of sp³-hybridized carbons (Fsp3) is 0.263. The van der Waals surface area contributed by atoms with Crippen LogP contribution in [0.15, 0.2) is 54.6 Å². The van der Waals surface area contributed by atoms with Gasteiger partial charge in [0.2, 0.25) is 5.91 Å². The molecule has 1 atom stereocenters. The van der Waals surface area contributed by atoms with Gasteiger partial charge in [-0.05, 0) is 36.6 Å². The number of nitrogens with one attached hydrogen (secondary N) is 1. The summed E-state index contributed by atoms with van der Waals surface area (Å²) in [5, 5.41) is 2.83. The fourth-order valence-corrected chi connectivity index (χ4v) is 2.33. The molecule has 0 heterocycles. The number of esters is 1. The molecule has 1 N–H and O–H groups in total. The maximum absolute atomic E-state index is 12.2. The van der Waals surface area contributed by atoms with E-state index in [4.69, 9.17) is 4.74 Å². The minimum atomic E-state index is -0.388. The van der Waals surface area contributed by atoms with E-state index in [2.05, 4.69) is 5.32 Å². The van der Waals surface area contributed by atoms with Crippen molar-refractivity contribution in [2.75, 3.05) is 11.9 Å². The molecule has 1 amide bonds. The number of ether oxygens (including phenoxy) is 1. The van der Waals surface area contributed by atoms with E-state index >= 15 is 0 Å². The van der Waals surface area contributed by atoms with Gasteiger partial charge in [0, 0.05) is 12.1 Å². The average Bonchev–Trinajstić information content (AvgIpc) is 2.56. The number of hydrogen-bond donors (Lipinski definition) is 1. The Morgan fingerprint density at radius 2 is 1.83 bits per heavy atom. The number of carbonyl (C=O) groups is 2. The van der Waals surface area contributed by atoms with Gasteiger partial charge >= 0.3 is 5.97 Å². The topological polar surface area (TPSA) is 55.4 Å². The highest BCUT2D eigenvalue weighted by atomic mass is 16.5. The normalized spacial score (nSPS) is 11.6. The summed E-state index contributed by atoms with van der Waals surface area (Å²) in [6.45, 7) is 4.10. The number of amides is 1. The van der Waals surface area contributed by atoms with Gasteiger partial charge < -0.3 is 10.1 Å². The monoisotopic (exact) mass is 311 g/mol. The highest BCUT2D eigenvalue weighted by molar-refractivity contribution is 5.94. The van der Waals surface area contributed by atoms with Crippen LogP contribution < -0.4 is 5.32 Å². The second-order valence-electron chi connectivity index (χ2n) is 5.37. The Kier molecular flexibility index (Phi) is 5.92. The Labute approximate surface area is 136 Å². The van der Waals surface area contributed by atoms with Crippen LogP contribution in [0.4, 0.5) is 5.69 Å². The Morgan fingerprint density at radius 1 is 1.09 bits per heavy atom. The average molecular weight is 311 g/mol. The molecule has 2 aromatic carbocycles. The SMILES string of the molecule is CCOC(=O)c1cccc(NC(=O)C[C@H](C)c2ccccc2)c1. The van der Waals surface area contributed by atoms with E-state index in [0.29, 0.717) is 24.3 Å². The highest BCUT2D eigenvalue weighted by Crippen LogP contribution is 2.20. The molecule has 2 aromatic rings. The van der Waals surface area contributed by atoms with Gasteiger partial charge in [-0.15, -0.1) is 0 Å². The summed E-state index contributed by atoms with van der Waals surface area (Å²) >= 11 is 0. The molecule has 0 saturated heterocycles. The predicted octanol–water partition coefficient (Wildman–Crippen LogP) is 4.00. The quantitative estimate of drug-likeness (QED) is 0.821. The summed E-state index contributed by atoms with van der Waals surface area (Å²) < 4.78 is 4.96. The van der Waals surface area contributed by atoms with Crippen LogP contribution in [0.3, 0.4) is 0 Å². The fourth-order valence-electron chi connectivity index (χ4n) is 2.33. The zero-order valence-electron chi connectivity index (χ0n) is 13.4. The molecule has 4 heteroatoms. The lowest BCUT2D eigenvalue weighted by atomic mass is 9.97. The zero-order valence-corrected chi connectivity index (χ0v) is 13.4. The van der Waals surface area contributed by atoms with Crippen LogP contribution >= 0.6 is 0 Å². The molecule has 0 spiro atoms. The molecule has 0 aliphatic rings. The molecule has 2 rings (SSSR count). The molecule has 0 radical (unpaired) electrons. The zero-order chi connectivity index (χ0) is 16.7. The van der Waals surface area contributed by atoms with Crippen molar-refractivity contribution in [3.8, 4) is 0 Å². The molecular weight excluding hydrogens is 290 g/mol. The summed E-state index contributed by atoms with van der Waals surface area (Å²) in [5.74, 6) is -0.340. The third-order valence-corrected chi connectivity index (χ3v) is 3.52. The van der Waals surface area contributed by atoms with E-state index in [0.717, 1.165) is 5.56 Å². The third-order valence-electron chi connectivity index (χ3n) is 3.52. The van der Waals surface area contributed by atoms with Crippen molar-refractivity contribution in [1.29, 1.82) is 0 Å². The van der Waals surface area contributed by atoms with Gasteiger partial charge in [0.15, 0.2) is 0 Å². The van der Waals surface area contributed by atoms with Crippen molar-refractivity contribution >= 4 is 17.6 Å². The summed E-state index contributed by atoms with van der Waals surface area (Å²) in [7, 11) is 0. The lowest BCUT2D eigenvalue weighted by molar-refractivity contribution is -0.116. The Bertz CT molecular complexity index is 667. The number of anilines is 1. The molecule has 0 aliphatic heterocycles. The lowest BCUT2D eigenvalue weighted by Crippen LogP contribution is -2.15. The van der Waals surface area contributed by atoms with Gasteiger partial charge in [-0.2, -0.15) is 0 Å². The van der Waals surface area contributed by atoms with Crippen molar-refractivity contribution in [3.63, 3.8) is 0 Å². The predicted molar refractivity (Wildman–Crippen MR) is 90.5 cm³/mol. The third kappa shape index (κ3) is 4.95. The van der Waals surface area contributed by atoms with Gasteiger partial charge in [0.05, 0.1) is 12.2 Å². The second kappa shape index (κ2) is 8.13. The minimum Gasteiger partial charge on any atom is -0.462 e. The van der Waals surface area contributed by atoms with E-state index in [1.165, 1.54) is 0 Å². The number of benzene rings is 2. The van der Waals surface area contributed by atoms with Crippen LogP contribution in [0.1, 0.15) is 42.1 Å². The van der Waals surface area contributed by atoms with Gasteiger partial charge in [-0.1, -0.05) is 43.3 Å². The molecular formula is C19H21NO3. The number of rotatable bonds is 6. The van der Waals surface area contributed by atoms with Crippen molar-refractivity contribution in [2.45, 2.75) is 26.2 Å². The van der Waals surface area contributed by atoms with Crippen LogP contribution in [0.2, 0.25) is 0 Å². The summed E-state index contributed by atoms with van der Waals surface area (Å²) in [5.41, 5.74) is 2.16. The van der Waals surface area contributed by atoms with Gasteiger partial charge in [-0.3, -0.25) is 4.79 Å². The summed E-state index contributed by atoms with van der Waals surface area (Å²) in [6.07, 6.45) is 0.383. The number of hydrogen-bond acceptors (Lipinski definition) is 3. The van der Waals surface area contributed by atoms with E-state index < -0.39 is 0 Å². The van der Waals surface area contributed by atoms with Crippen LogP contribution in [0.25, 0.3) is 0 Å². The summed E-state index contributed by atoms with van der Waals surface area (Å²) in [4.78, 5) is 23.9. The van der Waals surface area contributed by atoms with Crippen LogP contribution in [0.5, 0.6) is 0 Å². The Morgan fingerprint density at radius 3 is 2.52 bits per heavy atom. The van der Waals surface area contributed by atoms with Crippen molar-refractivity contribution in [1.82, 2.24) is 0 Å². The molecule has 4 nitrogen and oxygen atoms in total. The van der Waals surface area contributed by atoms with Gasteiger partial charge in [0.25, 0.3) is 0 Å². The maximum Gasteiger partial charge on any atom is 0.338 e. The first kappa shape index (κ1) is 16.7. The van der Waals surface area contributed by atoms with E-state index in [-0.39, 0.29) is 17.8 Å². The Hall–Kier alpha value is -2.62. The first-order valence-electron chi connectivity index (χ1n) is 7.72. The minimum absolute atomic E-state index is 0.0811. The first-order chi connectivity index (χ1) is 11.1. The van der Waals surface area contributed by atoms with E-state index in [1.54, 1.807) is 31.2 Å². The smallest absolute Gasteiger partial charge is 0.338 e. The van der Waals surface area contributed by atoms with Crippen LogP contribution in [0, 0.1) is 0 Å². The summed E-state index contributed by atoms with van der Waals surface area (Å²) in [6, 6.07) is 16.7. The molecule has 0 fully saturated rings. The van der Waals surface area contributed by atoms with Gasteiger partial charge in [0.1, 0.15) is 0 Å². The molecule has 0 bridgehead atoms. The van der Waals surface area contributed by atoms with Gasteiger partial charge in [-0.25, -0.2) is 4.79 Å². The largest absolute Gasteiger partial charge is 0.462 e. The highest BCUT2D eigenvalue weighted by Gasteiger charge is 2.12. The van der Waals surface area contributed by atoms with Crippen molar-refractivity contribution in [2.24, 2.45) is 0 Å². The molecule has 23 heavy (non-hydrogen) atoms. The van der Waals surface area contributed by atoms with E-state index in [9.17, 15) is 9.59 Å². The van der Waals surface area contributed by atoms with Crippen LogP contribution in [-0.2, 0) is 9.53 Å². The Balaban J connectivity index is 1.97. The molecule has 0 saturated carbocycles. The standard InChI is InChI=1S/C19H21NO3/c1-3-23-19(22)16-10-7-11-17(13-16)20-18(21)12-14(2)15-8-5-4-6-9-15/h4-11,13-14H,3,12H2,1-2H3,(H,20,21)/t14-/m0/s1. The van der Waals surface area contributed by atoms with Crippen LogP contribution in [-0.4, -0.2) is 18.5 Å². The maximum atomic E-state index is 12.2. The second-order valence-corrected chi connectivity index (χ2v) is 5.37. The first-order valence-corrected chi connectivity index (χ1v) is 7.72. The lowest BCUT2D eigenvalue weighted by Gasteiger charge is -2.12. The molecule has 0 aromatic heterocycles. The molecule has 0 unspecified atom stereocenters. The number of carbonyl (C=O) groups excluding carboxylic acids is 2. The molecule has 120 valence electrons. The van der Waals surface area contributed by atoms with E-state index in [1.807, 2.05) is 37.3 Å². The van der Waals surface area contributed by atoms with Crippen molar-refractivity contribution < 1.29 is 14.3 Å². The van der Waals surface area contributed by atoms with Crippen molar-refractivity contribution in [3.05, 3.63) is 65.7 Å².